The highest BCUT2D eigenvalue weighted by molar-refractivity contribution is 14.1. The summed E-state index contributed by atoms with van der Waals surface area (Å²) < 4.78 is 22.0. The second-order valence-corrected chi connectivity index (χ2v) is 15.9. The fourth-order valence-corrected chi connectivity index (χ4v) is 3.59. The number of alkyl carbamates (subject to hydrolysis) is 2. The number of unbranched alkanes of at least 4 members (excludes halogenated alkanes) is 2. The average Bonchev–Trinajstić information content (AvgIpc) is 2.79. The molecule has 3 N–H and O–H groups in total. The Balaban J connectivity index is -0.000000720. The zero-order chi connectivity index (χ0) is 36.1. The number of aliphatic hydroxyl groups is 1. The summed E-state index contributed by atoms with van der Waals surface area (Å²) >= 11 is 11.8. The van der Waals surface area contributed by atoms with Crippen LogP contribution < -0.4 is 10.6 Å². The molecule has 2 atom stereocenters. The van der Waals surface area contributed by atoms with E-state index in [9.17, 15) is 19.2 Å². The number of nitrogens with one attached hydrogen (secondary N) is 2. The summed E-state index contributed by atoms with van der Waals surface area (Å²) in [5.41, 5.74) is -2.42. The summed E-state index contributed by atoms with van der Waals surface area (Å²) in [6, 6.07) is -1.44. The van der Waals surface area contributed by atoms with Gasteiger partial charge in [0.25, 0.3) is 0 Å². The summed E-state index contributed by atoms with van der Waals surface area (Å²) in [6.45, 7) is 21.4. The Hall–Kier alpha value is -1.25. The third-order valence-electron chi connectivity index (χ3n) is 4.54. The Morgan fingerprint density at radius 3 is 1.13 bits per heavy atom. The molecule has 0 aromatic heterocycles. The molecule has 268 valence electrons. The molecule has 0 radical (unpaired) electrons. The fraction of sp³-hybridized carbons (Fsp3) is 0.871. The van der Waals surface area contributed by atoms with Crippen LogP contribution in [0.3, 0.4) is 0 Å². The number of alkyl halides is 3. The molecule has 45 heavy (non-hydrogen) atoms. The van der Waals surface area contributed by atoms with Gasteiger partial charge in [0.1, 0.15) is 34.5 Å². The van der Waals surface area contributed by atoms with Gasteiger partial charge in [-0.15, -0.1) is 23.2 Å². The largest absolute Gasteiger partial charge is 0.458 e. The summed E-state index contributed by atoms with van der Waals surface area (Å²) in [4.78, 5) is 47.9. The maximum absolute atomic E-state index is 12.2. The van der Waals surface area contributed by atoms with Crippen LogP contribution in [0.1, 0.15) is 122 Å². The van der Waals surface area contributed by atoms with Gasteiger partial charge < -0.3 is 34.7 Å². The van der Waals surface area contributed by atoms with E-state index in [-0.39, 0.29) is 11.9 Å². The van der Waals surface area contributed by atoms with Gasteiger partial charge in [0.2, 0.25) is 0 Å². The summed E-state index contributed by atoms with van der Waals surface area (Å²) in [6.07, 6.45) is 2.73. The van der Waals surface area contributed by atoms with Gasteiger partial charge in [-0.3, -0.25) is 0 Å². The number of esters is 2. The maximum Gasteiger partial charge on any atom is 0.408 e. The van der Waals surface area contributed by atoms with Gasteiger partial charge in [0, 0.05) is 6.61 Å². The molecule has 14 heteroatoms. The molecule has 0 saturated heterocycles. The molecule has 0 spiro atoms. The van der Waals surface area contributed by atoms with Crippen LogP contribution in [0.2, 0.25) is 0 Å². The molecule has 0 aliphatic heterocycles. The zero-order valence-corrected chi connectivity index (χ0v) is 33.0. The smallest absolute Gasteiger partial charge is 0.408 e. The molecule has 0 aromatic rings. The van der Waals surface area contributed by atoms with Gasteiger partial charge in [0.05, 0.1) is 5.34 Å². The van der Waals surface area contributed by atoms with Crippen molar-refractivity contribution in [3.8, 4) is 0 Å². The third-order valence-corrected chi connectivity index (χ3v) is 5.30. The molecule has 0 saturated carbocycles. The van der Waals surface area contributed by atoms with E-state index in [0.29, 0.717) is 25.7 Å². The minimum absolute atomic E-state index is 0.0491. The highest BCUT2D eigenvalue weighted by Gasteiger charge is 2.29. The Bertz CT molecular complexity index is 782. The Kier molecular flexibility index (Phi) is 25.7. The molecule has 0 aromatic carbocycles. The minimum atomic E-state index is -0.773. The number of carbonyl (C=O) groups is 4. The number of hydrogen-bond acceptors (Lipinski definition) is 9. The first kappa shape index (κ1) is 48.1. The van der Waals surface area contributed by atoms with Crippen molar-refractivity contribution in [2.75, 3.05) is 16.4 Å². The normalized spacial score (nSPS) is 13.0. The molecule has 0 fully saturated rings. The van der Waals surface area contributed by atoms with Crippen molar-refractivity contribution in [2.24, 2.45) is 0 Å². The molecular weight excluding hydrogens is 742 g/mol. The van der Waals surface area contributed by atoms with E-state index in [1.54, 1.807) is 83.1 Å². The van der Waals surface area contributed by atoms with E-state index in [0.717, 1.165) is 17.3 Å². The van der Waals surface area contributed by atoms with Crippen LogP contribution in [0.25, 0.3) is 0 Å². The summed E-state index contributed by atoms with van der Waals surface area (Å²) in [5, 5.41) is 14.2. The molecule has 0 aliphatic carbocycles. The molecule has 0 heterocycles. The quantitative estimate of drug-likeness (QED) is 0.0596. The van der Waals surface area contributed by atoms with E-state index < -0.39 is 58.6 Å². The first-order chi connectivity index (χ1) is 20.3. The Labute approximate surface area is 295 Å². The van der Waals surface area contributed by atoms with Crippen molar-refractivity contribution in [2.45, 2.75) is 156 Å². The van der Waals surface area contributed by atoms with Gasteiger partial charge in [-0.1, -0.05) is 29.0 Å². The SMILES string of the molecule is CC(C)(C)OC(=O)N[C@@H](CCCCI)C(=O)OC(C)(C)C.CC(C)(C)OC(=O)N[C@@H](CCCCO)C(=O)OC(C)(C)C.ClCCl. The van der Waals surface area contributed by atoms with E-state index in [1.165, 1.54) is 0 Å². The lowest BCUT2D eigenvalue weighted by molar-refractivity contribution is -0.158. The third kappa shape index (κ3) is 35.4. The standard InChI is InChI=1S/C15H28INO4.C15H29NO5.CH2Cl2/c1-14(2,3)20-12(18)11(9-7-8-10-16)17-13(19)21-15(4,5)6;1-14(2,3)20-12(18)11(9-7-8-10-17)16-13(19)21-15(4,5)6;2-1-3/h11H,7-10H2,1-6H3,(H,17,19);11,17H,7-10H2,1-6H3,(H,16,19);1H2/t2*11-;/m00./s1. The molecule has 0 bridgehead atoms. The lowest BCUT2D eigenvalue weighted by atomic mass is 10.1. The highest BCUT2D eigenvalue weighted by Crippen LogP contribution is 2.15. The van der Waals surface area contributed by atoms with E-state index >= 15 is 0 Å². The van der Waals surface area contributed by atoms with Crippen molar-refractivity contribution in [1.29, 1.82) is 0 Å². The zero-order valence-electron chi connectivity index (χ0n) is 29.4. The predicted molar refractivity (Wildman–Crippen MR) is 188 cm³/mol. The topological polar surface area (TPSA) is 149 Å². The average molecular weight is 802 g/mol. The van der Waals surface area contributed by atoms with Crippen LogP contribution in [-0.2, 0) is 28.5 Å². The number of ether oxygens (including phenoxy) is 4. The fourth-order valence-electron chi connectivity index (χ4n) is 3.05. The van der Waals surface area contributed by atoms with Crippen LogP contribution in [-0.4, -0.2) is 80.1 Å². The van der Waals surface area contributed by atoms with E-state index in [4.69, 9.17) is 47.3 Å². The van der Waals surface area contributed by atoms with Crippen LogP contribution in [0.5, 0.6) is 0 Å². The Morgan fingerprint density at radius 1 is 0.600 bits per heavy atom. The predicted octanol–water partition coefficient (Wildman–Crippen LogP) is 7.63. The molecule has 11 nitrogen and oxygen atoms in total. The van der Waals surface area contributed by atoms with Gasteiger partial charge in [0.15, 0.2) is 0 Å². The number of amides is 2. The monoisotopic (exact) mass is 800 g/mol. The second-order valence-electron chi connectivity index (χ2n) is 14.0. The van der Waals surface area contributed by atoms with Crippen molar-refractivity contribution in [3.63, 3.8) is 0 Å². The highest BCUT2D eigenvalue weighted by atomic mass is 127. The van der Waals surface area contributed by atoms with Gasteiger partial charge in [-0.25, -0.2) is 19.2 Å². The lowest BCUT2D eigenvalue weighted by Gasteiger charge is -2.26. The lowest BCUT2D eigenvalue weighted by Crippen LogP contribution is -2.46. The van der Waals surface area contributed by atoms with Crippen LogP contribution in [0.4, 0.5) is 9.59 Å². The first-order valence-corrected chi connectivity index (χ1v) is 17.6. The second kappa shape index (κ2) is 24.0. The first-order valence-electron chi connectivity index (χ1n) is 15.0. The van der Waals surface area contributed by atoms with Crippen molar-refractivity contribution in [3.05, 3.63) is 0 Å². The van der Waals surface area contributed by atoms with Gasteiger partial charge in [-0.05, 0) is 120 Å². The molecule has 0 aliphatic rings. The van der Waals surface area contributed by atoms with Crippen molar-refractivity contribution in [1.82, 2.24) is 10.6 Å². The number of aliphatic hydroxyl groups excluding tert-OH is 1. The molecular formula is C31H59Cl2IN2O9. The minimum Gasteiger partial charge on any atom is -0.458 e. The number of rotatable bonds is 12. The van der Waals surface area contributed by atoms with Crippen molar-refractivity contribution >= 4 is 69.9 Å². The van der Waals surface area contributed by atoms with Crippen LogP contribution in [0, 0.1) is 0 Å². The van der Waals surface area contributed by atoms with E-state index in [2.05, 4.69) is 33.2 Å². The number of carbonyl (C=O) groups excluding carboxylic acids is 4. The van der Waals surface area contributed by atoms with Crippen molar-refractivity contribution < 1.29 is 43.2 Å². The molecule has 2 amide bonds. The van der Waals surface area contributed by atoms with Crippen LogP contribution in [0.15, 0.2) is 0 Å². The number of hydrogen-bond donors (Lipinski definition) is 3. The summed E-state index contributed by atoms with van der Waals surface area (Å²) in [5.74, 6) is -0.909. The molecule has 0 unspecified atom stereocenters. The van der Waals surface area contributed by atoms with E-state index in [1.807, 2.05) is 0 Å². The molecule has 0 rings (SSSR count). The van der Waals surface area contributed by atoms with Crippen LogP contribution >= 0.6 is 45.8 Å². The maximum atomic E-state index is 12.2. The Morgan fingerprint density at radius 2 is 0.889 bits per heavy atom. The number of halogens is 3. The summed E-state index contributed by atoms with van der Waals surface area (Å²) in [7, 11) is 0. The van der Waals surface area contributed by atoms with Gasteiger partial charge in [-0.2, -0.15) is 0 Å². The van der Waals surface area contributed by atoms with Gasteiger partial charge >= 0.3 is 24.1 Å².